The summed E-state index contributed by atoms with van der Waals surface area (Å²) in [5, 5.41) is 4.68. The van der Waals surface area contributed by atoms with E-state index in [1.807, 2.05) is 80.2 Å². The van der Waals surface area contributed by atoms with Crippen LogP contribution in [-0.2, 0) is 0 Å². The second-order valence-electron chi connectivity index (χ2n) is 10.4. The van der Waals surface area contributed by atoms with Crippen LogP contribution in [0, 0.1) is 0 Å². The highest BCUT2D eigenvalue weighted by Gasteiger charge is 2.21. The summed E-state index contributed by atoms with van der Waals surface area (Å²) in [6.45, 7) is 0.752. The van der Waals surface area contributed by atoms with Crippen LogP contribution in [0.1, 0.15) is 17.3 Å². The SMILES string of the molecule is CN1C=CN(c2cccc(C(F)c3ccc4c5ccc6sc7ccccc7c6c5n(-c5ccccn5)c4c3)c2)C1. The minimum atomic E-state index is -1.26. The van der Waals surface area contributed by atoms with Gasteiger partial charge in [-0.2, -0.15) is 0 Å². The summed E-state index contributed by atoms with van der Waals surface area (Å²) in [6, 6.07) is 32.7. The van der Waals surface area contributed by atoms with Crippen molar-refractivity contribution >= 4 is 59.0 Å². The van der Waals surface area contributed by atoms with Crippen LogP contribution in [0.15, 0.2) is 116 Å². The third-order valence-electron chi connectivity index (χ3n) is 7.83. The van der Waals surface area contributed by atoms with Gasteiger partial charge in [0.15, 0.2) is 6.17 Å². The number of pyridine rings is 1. The van der Waals surface area contributed by atoms with E-state index in [1.54, 1.807) is 11.3 Å². The van der Waals surface area contributed by atoms with Gasteiger partial charge in [0.1, 0.15) is 5.82 Å². The van der Waals surface area contributed by atoms with Gasteiger partial charge in [-0.05, 0) is 53.6 Å². The third-order valence-corrected chi connectivity index (χ3v) is 8.97. The van der Waals surface area contributed by atoms with Crippen LogP contribution in [0.4, 0.5) is 10.1 Å². The Morgan fingerprint density at radius 3 is 2.48 bits per heavy atom. The quantitative estimate of drug-likeness (QED) is 0.223. The first kappa shape index (κ1) is 23.2. The molecule has 0 saturated carbocycles. The summed E-state index contributed by atoms with van der Waals surface area (Å²) in [5.74, 6) is 0.824. The second kappa shape index (κ2) is 8.93. The summed E-state index contributed by atoms with van der Waals surface area (Å²) in [7, 11) is 2.03. The molecule has 0 N–H and O–H groups in total. The van der Waals surface area contributed by atoms with Crippen LogP contribution < -0.4 is 4.90 Å². The van der Waals surface area contributed by atoms with Crippen molar-refractivity contribution in [3.63, 3.8) is 0 Å². The summed E-state index contributed by atoms with van der Waals surface area (Å²) in [5.41, 5.74) is 4.33. The fourth-order valence-electron chi connectivity index (χ4n) is 5.96. The topological polar surface area (TPSA) is 24.3 Å². The molecule has 0 aliphatic carbocycles. The van der Waals surface area contributed by atoms with E-state index in [1.165, 1.54) is 20.2 Å². The van der Waals surface area contributed by atoms with Gasteiger partial charge in [0.05, 0.1) is 17.7 Å². The molecule has 0 saturated heterocycles. The fraction of sp³-hybridized carbons (Fsp3) is 0.0882. The van der Waals surface area contributed by atoms with Crippen LogP contribution in [0.25, 0.3) is 47.8 Å². The molecule has 0 radical (unpaired) electrons. The van der Waals surface area contributed by atoms with Gasteiger partial charge in [0.25, 0.3) is 0 Å². The fourth-order valence-corrected chi connectivity index (χ4v) is 7.07. The smallest absolute Gasteiger partial charge is 0.150 e. The number of fused-ring (bicyclic) bond motifs is 7. The lowest BCUT2D eigenvalue weighted by Crippen LogP contribution is -2.21. The molecule has 6 heteroatoms. The first-order valence-corrected chi connectivity index (χ1v) is 14.2. The van der Waals surface area contributed by atoms with E-state index in [2.05, 4.69) is 56.8 Å². The number of aromatic nitrogens is 2. The summed E-state index contributed by atoms with van der Waals surface area (Å²) < 4.78 is 21.0. The number of anilines is 1. The summed E-state index contributed by atoms with van der Waals surface area (Å²) >= 11 is 1.80. The molecule has 194 valence electrons. The van der Waals surface area contributed by atoms with E-state index < -0.39 is 6.17 Å². The Bertz CT molecular complexity index is 2090. The van der Waals surface area contributed by atoms with Gasteiger partial charge in [0, 0.05) is 62.3 Å². The Morgan fingerprint density at radius 2 is 1.62 bits per heavy atom. The van der Waals surface area contributed by atoms with Crippen LogP contribution in [0.5, 0.6) is 0 Å². The Hall–Kier alpha value is -4.68. The molecule has 1 aliphatic rings. The molecule has 1 atom stereocenters. The van der Waals surface area contributed by atoms with E-state index in [0.717, 1.165) is 40.0 Å². The molecule has 0 amide bonds. The van der Waals surface area contributed by atoms with Crippen LogP contribution >= 0.6 is 11.3 Å². The third kappa shape index (κ3) is 3.53. The molecule has 4 nitrogen and oxygen atoms in total. The molecule has 4 aromatic carbocycles. The van der Waals surface area contributed by atoms with Gasteiger partial charge < -0.3 is 9.80 Å². The highest BCUT2D eigenvalue weighted by atomic mass is 32.1. The molecule has 8 rings (SSSR count). The number of rotatable bonds is 4. The Kier molecular flexibility index (Phi) is 5.19. The molecule has 7 aromatic rings. The molecule has 0 fully saturated rings. The highest BCUT2D eigenvalue weighted by molar-refractivity contribution is 7.26. The molecular formula is C34H25FN4S. The maximum Gasteiger partial charge on any atom is 0.150 e. The molecule has 1 unspecified atom stereocenters. The van der Waals surface area contributed by atoms with Gasteiger partial charge in [0.2, 0.25) is 0 Å². The van der Waals surface area contributed by atoms with Crippen molar-refractivity contribution in [3.8, 4) is 5.82 Å². The van der Waals surface area contributed by atoms with E-state index in [4.69, 9.17) is 4.98 Å². The molecule has 1 aliphatic heterocycles. The molecule has 0 spiro atoms. The van der Waals surface area contributed by atoms with Crippen LogP contribution in [0.2, 0.25) is 0 Å². The van der Waals surface area contributed by atoms with Crippen molar-refractivity contribution in [3.05, 3.63) is 127 Å². The number of hydrogen-bond donors (Lipinski definition) is 0. The Labute approximate surface area is 234 Å². The van der Waals surface area contributed by atoms with Gasteiger partial charge in [-0.3, -0.25) is 4.57 Å². The Morgan fingerprint density at radius 1 is 0.775 bits per heavy atom. The molecule has 40 heavy (non-hydrogen) atoms. The number of hydrogen-bond acceptors (Lipinski definition) is 4. The molecule has 4 heterocycles. The highest BCUT2D eigenvalue weighted by Crippen LogP contribution is 2.43. The lowest BCUT2D eigenvalue weighted by Gasteiger charge is -2.19. The van der Waals surface area contributed by atoms with Crippen molar-refractivity contribution in [2.45, 2.75) is 6.17 Å². The molecule has 3 aromatic heterocycles. The molecular weight excluding hydrogens is 515 g/mol. The van der Waals surface area contributed by atoms with E-state index in [0.29, 0.717) is 11.1 Å². The number of halogens is 1. The minimum absolute atomic E-state index is 0.630. The average molecular weight is 541 g/mol. The zero-order valence-corrected chi connectivity index (χ0v) is 22.6. The zero-order chi connectivity index (χ0) is 26.8. The summed E-state index contributed by atoms with van der Waals surface area (Å²) in [4.78, 5) is 8.96. The maximum atomic E-state index is 16.3. The normalized spacial score (nSPS) is 14.3. The monoisotopic (exact) mass is 540 g/mol. The van der Waals surface area contributed by atoms with Crippen molar-refractivity contribution in [1.82, 2.24) is 14.5 Å². The number of benzene rings is 4. The van der Waals surface area contributed by atoms with Gasteiger partial charge >= 0.3 is 0 Å². The minimum Gasteiger partial charge on any atom is -0.361 e. The van der Waals surface area contributed by atoms with Crippen molar-refractivity contribution in [1.29, 1.82) is 0 Å². The van der Waals surface area contributed by atoms with Gasteiger partial charge in [-0.15, -0.1) is 11.3 Å². The van der Waals surface area contributed by atoms with E-state index in [9.17, 15) is 0 Å². The zero-order valence-electron chi connectivity index (χ0n) is 21.8. The number of nitrogens with zero attached hydrogens (tertiary/aromatic N) is 4. The first-order chi connectivity index (χ1) is 19.7. The molecule has 0 bridgehead atoms. The van der Waals surface area contributed by atoms with E-state index >= 15 is 4.39 Å². The predicted octanol–water partition coefficient (Wildman–Crippen LogP) is 8.79. The van der Waals surface area contributed by atoms with Crippen molar-refractivity contribution in [2.75, 3.05) is 18.6 Å². The lowest BCUT2D eigenvalue weighted by atomic mass is 10.0. The Balaban J connectivity index is 1.35. The number of thiophene rings is 1. The van der Waals surface area contributed by atoms with Gasteiger partial charge in [-0.1, -0.05) is 54.6 Å². The second-order valence-corrected chi connectivity index (χ2v) is 11.4. The summed E-state index contributed by atoms with van der Waals surface area (Å²) in [6.07, 6.45) is 4.61. The standard InChI is InChI=1S/C34H25FN4S/c1-37-17-18-38(21-37)24-8-6-7-22(19-24)33(35)23-12-13-25-26-14-15-30-32(27-9-2-3-10-29(27)40-30)34(26)39(28(25)20-23)31-11-4-5-16-36-31/h2-20,33H,21H2,1H3. The average Bonchev–Trinajstić information content (AvgIpc) is 3.70. The first-order valence-electron chi connectivity index (χ1n) is 13.3. The number of alkyl halides is 1. The van der Waals surface area contributed by atoms with Crippen LogP contribution in [0.3, 0.4) is 0 Å². The van der Waals surface area contributed by atoms with Crippen molar-refractivity contribution < 1.29 is 4.39 Å². The van der Waals surface area contributed by atoms with Crippen LogP contribution in [-0.4, -0.2) is 28.2 Å². The van der Waals surface area contributed by atoms with E-state index in [-0.39, 0.29) is 0 Å². The van der Waals surface area contributed by atoms with Gasteiger partial charge in [-0.25, -0.2) is 9.37 Å². The lowest BCUT2D eigenvalue weighted by molar-refractivity contribution is 0.402. The van der Waals surface area contributed by atoms with Crippen molar-refractivity contribution in [2.24, 2.45) is 0 Å². The largest absolute Gasteiger partial charge is 0.361 e. The maximum absolute atomic E-state index is 16.3. The predicted molar refractivity (Wildman–Crippen MR) is 165 cm³/mol.